The Morgan fingerprint density at radius 1 is 1.45 bits per heavy atom. The smallest absolute Gasteiger partial charge is 0.234 e. The molecule has 1 amide bonds. The summed E-state index contributed by atoms with van der Waals surface area (Å²) in [5, 5.41) is 6.23. The van der Waals surface area contributed by atoms with Gasteiger partial charge in [0, 0.05) is 13.1 Å². The Kier molecular flexibility index (Phi) is 5.49. The van der Waals surface area contributed by atoms with E-state index in [0.29, 0.717) is 6.54 Å². The fourth-order valence-electron chi connectivity index (χ4n) is 2.41. The molecule has 2 N–H and O–H groups in total. The van der Waals surface area contributed by atoms with Gasteiger partial charge in [-0.1, -0.05) is 12.1 Å². The van der Waals surface area contributed by atoms with E-state index in [-0.39, 0.29) is 17.8 Å². The molecule has 0 unspecified atom stereocenters. The summed E-state index contributed by atoms with van der Waals surface area (Å²) in [7, 11) is 0. The van der Waals surface area contributed by atoms with Gasteiger partial charge in [-0.3, -0.25) is 9.69 Å². The van der Waals surface area contributed by atoms with Crippen molar-refractivity contribution in [3.63, 3.8) is 0 Å². The SMILES string of the molecule is C[C@H](NC(=O)CN1CCCNCC1)c1cccc(F)c1. The van der Waals surface area contributed by atoms with Gasteiger partial charge in [-0.15, -0.1) is 0 Å². The number of hydrogen-bond acceptors (Lipinski definition) is 3. The summed E-state index contributed by atoms with van der Waals surface area (Å²) in [5.74, 6) is -0.286. The van der Waals surface area contributed by atoms with Crippen molar-refractivity contribution in [3.8, 4) is 0 Å². The van der Waals surface area contributed by atoms with Crippen molar-refractivity contribution < 1.29 is 9.18 Å². The highest BCUT2D eigenvalue weighted by Crippen LogP contribution is 2.13. The van der Waals surface area contributed by atoms with Crippen LogP contribution in [0.3, 0.4) is 0 Å². The van der Waals surface area contributed by atoms with E-state index in [1.807, 2.05) is 13.0 Å². The number of nitrogens with zero attached hydrogens (tertiary/aromatic N) is 1. The molecule has 0 radical (unpaired) electrons. The summed E-state index contributed by atoms with van der Waals surface area (Å²) in [5.41, 5.74) is 0.788. The molecular weight excluding hydrogens is 257 g/mol. The maximum Gasteiger partial charge on any atom is 0.234 e. The molecule has 0 saturated carbocycles. The van der Waals surface area contributed by atoms with Gasteiger partial charge >= 0.3 is 0 Å². The predicted molar refractivity (Wildman–Crippen MR) is 76.9 cm³/mol. The minimum absolute atomic E-state index is 0.0105. The molecule has 0 spiro atoms. The number of benzene rings is 1. The first-order valence-electron chi connectivity index (χ1n) is 7.13. The Balaban J connectivity index is 1.84. The average Bonchev–Trinajstić information content (AvgIpc) is 2.67. The molecule has 1 aliphatic heterocycles. The molecule has 4 nitrogen and oxygen atoms in total. The molecule has 1 aromatic carbocycles. The molecular formula is C15H22FN3O. The Bertz CT molecular complexity index is 444. The predicted octanol–water partition coefficient (Wildman–Crippen LogP) is 1.30. The van der Waals surface area contributed by atoms with Crippen molar-refractivity contribution in [2.45, 2.75) is 19.4 Å². The lowest BCUT2D eigenvalue weighted by molar-refractivity contribution is -0.122. The molecule has 0 aliphatic carbocycles. The highest BCUT2D eigenvalue weighted by molar-refractivity contribution is 5.78. The van der Waals surface area contributed by atoms with Crippen molar-refractivity contribution in [3.05, 3.63) is 35.6 Å². The topological polar surface area (TPSA) is 44.4 Å². The molecule has 1 aromatic rings. The molecule has 1 saturated heterocycles. The van der Waals surface area contributed by atoms with Crippen molar-refractivity contribution in [2.75, 3.05) is 32.7 Å². The maximum atomic E-state index is 13.2. The fraction of sp³-hybridized carbons (Fsp3) is 0.533. The van der Waals surface area contributed by atoms with Crippen molar-refractivity contribution in [1.82, 2.24) is 15.5 Å². The zero-order chi connectivity index (χ0) is 14.4. The van der Waals surface area contributed by atoms with E-state index < -0.39 is 0 Å². The zero-order valence-corrected chi connectivity index (χ0v) is 11.9. The lowest BCUT2D eigenvalue weighted by Crippen LogP contribution is -2.39. The largest absolute Gasteiger partial charge is 0.348 e. The number of rotatable bonds is 4. The standard InChI is InChI=1S/C15H22FN3O/c1-12(13-4-2-5-14(16)10-13)18-15(20)11-19-8-3-6-17-7-9-19/h2,4-5,10,12,17H,3,6-9,11H2,1H3,(H,18,20)/t12-/m0/s1. The summed E-state index contributed by atoms with van der Waals surface area (Å²) in [6, 6.07) is 6.17. The number of carbonyl (C=O) groups is 1. The van der Waals surface area contributed by atoms with Crippen LogP contribution >= 0.6 is 0 Å². The highest BCUT2D eigenvalue weighted by Gasteiger charge is 2.15. The van der Waals surface area contributed by atoms with Crippen LogP contribution in [0.5, 0.6) is 0 Å². The first-order valence-corrected chi connectivity index (χ1v) is 7.13. The van der Waals surface area contributed by atoms with E-state index in [9.17, 15) is 9.18 Å². The minimum atomic E-state index is -0.276. The first kappa shape index (κ1) is 14.9. The van der Waals surface area contributed by atoms with Gasteiger partial charge in [-0.2, -0.15) is 0 Å². The fourth-order valence-corrected chi connectivity index (χ4v) is 2.41. The third kappa shape index (κ3) is 4.58. The van der Waals surface area contributed by atoms with Crippen LogP contribution in [-0.4, -0.2) is 43.5 Å². The number of nitrogens with one attached hydrogen (secondary N) is 2. The summed E-state index contributed by atoms with van der Waals surface area (Å²) >= 11 is 0. The first-order chi connectivity index (χ1) is 9.65. The van der Waals surface area contributed by atoms with E-state index in [1.165, 1.54) is 12.1 Å². The second-order valence-corrected chi connectivity index (χ2v) is 5.22. The molecule has 2 rings (SSSR count). The summed E-state index contributed by atoms with van der Waals surface area (Å²) < 4.78 is 13.2. The molecule has 1 aliphatic rings. The van der Waals surface area contributed by atoms with Crippen LogP contribution in [-0.2, 0) is 4.79 Å². The van der Waals surface area contributed by atoms with Crippen LogP contribution in [0.1, 0.15) is 24.9 Å². The lowest BCUT2D eigenvalue weighted by atomic mass is 10.1. The second-order valence-electron chi connectivity index (χ2n) is 5.22. The van der Waals surface area contributed by atoms with Gasteiger partial charge in [0.05, 0.1) is 12.6 Å². The average molecular weight is 279 g/mol. The summed E-state index contributed by atoms with van der Waals surface area (Å²) in [4.78, 5) is 14.2. The second kappa shape index (κ2) is 7.36. The number of halogens is 1. The van der Waals surface area contributed by atoms with Gasteiger partial charge in [0.2, 0.25) is 5.91 Å². The van der Waals surface area contributed by atoms with E-state index in [0.717, 1.165) is 38.2 Å². The van der Waals surface area contributed by atoms with Crippen molar-refractivity contribution >= 4 is 5.91 Å². The maximum absolute atomic E-state index is 13.2. The highest BCUT2D eigenvalue weighted by atomic mass is 19.1. The van der Waals surface area contributed by atoms with Crippen LogP contribution in [0.25, 0.3) is 0 Å². The quantitative estimate of drug-likeness (QED) is 0.873. The van der Waals surface area contributed by atoms with Gasteiger partial charge in [-0.25, -0.2) is 4.39 Å². The van der Waals surface area contributed by atoms with Crippen molar-refractivity contribution in [1.29, 1.82) is 0 Å². The van der Waals surface area contributed by atoms with E-state index >= 15 is 0 Å². The molecule has 1 atom stereocenters. The van der Waals surface area contributed by atoms with Crippen molar-refractivity contribution in [2.24, 2.45) is 0 Å². The third-order valence-corrected chi connectivity index (χ3v) is 3.53. The summed E-state index contributed by atoms with van der Waals surface area (Å²) in [6.07, 6.45) is 1.06. The van der Waals surface area contributed by atoms with E-state index in [4.69, 9.17) is 0 Å². The lowest BCUT2D eigenvalue weighted by Gasteiger charge is -2.21. The van der Waals surface area contributed by atoms with Gasteiger partial charge in [0.15, 0.2) is 0 Å². The third-order valence-electron chi connectivity index (χ3n) is 3.53. The van der Waals surface area contributed by atoms with E-state index in [1.54, 1.807) is 6.07 Å². The zero-order valence-electron chi connectivity index (χ0n) is 11.9. The van der Waals surface area contributed by atoms with Gasteiger partial charge in [-0.05, 0) is 44.1 Å². The minimum Gasteiger partial charge on any atom is -0.348 e. The Morgan fingerprint density at radius 2 is 2.30 bits per heavy atom. The summed E-state index contributed by atoms with van der Waals surface area (Å²) in [6.45, 7) is 6.04. The molecule has 1 fully saturated rings. The number of amides is 1. The van der Waals surface area contributed by atoms with Crippen LogP contribution < -0.4 is 10.6 Å². The van der Waals surface area contributed by atoms with Crippen LogP contribution in [0.2, 0.25) is 0 Å². The molecule has 0 aromatic heterocycles. The van der Waals surface area contributed by atoms with E-state index in [2.05, 4.69) is 15.5 Å². The molecule has 20 heavy (non-hydrogen) atoms. The normalized spacial score (nSPS) is 18.3. The Morgan fingerprint density at radius 3 is 3.10 bits per heavy atom. The molecule has 5 heteroatoms. The van der Waals surface area contributed by atoms with Crippen LogP contribution in [0.4, 0.5) is 4.39 Å². The molecule has 0 bridgehead atoms. The number of hydrogen-bond donors (Lipinski definition) is 2. The molecule has 110 valence electrons. The Labute approximate surface area is 119 Å². The van der Waals surface area contributed by atoms with Gasteiger partial charge < -0.3 is 10.6 Å². The van der Waals surface area contributed by atoms with Gasteiger partial charge in [0.1, 0.15) is 5.82 Å². The molecule has 1 heterocycles. The van der Waals surface area contributed by atoms with Crippen LogP contribution in [0.15, 0.2) is 24.3 Å². The Hall–Kier alpha value is -1.46. The van der Waals surface area contributed by atoms with Crippen LogP contribution in [0, 0.1) is 5.82 Å². The number of carbonyl (C=O) groups excluding carboxylic acids is 1. The van der Waals surface area contributed by atoms with Gasteiger partial charge in [0.25, 0.3) is 0 Å². The monoisotopic (exact) mass is 279 g/mol.